The number of pyridine rings is 1. The Morgan fingerprint density at radius 1 is 1.60 bits per heavy atom. The van der Waals surface area contributed by atoms with Crippen molar-refractivity contribution in [3.8, 4) is 5.75 Å². The number of rotatable bonds is 4. The first kappa shape index (κ1) is 12.4. The molecule has 0 aliphatic carbocycles. The summed E-state index contributed by atoms with van der Waals surface area (Å²) in [5, 5.41) is 9.58. The lowest BCUT2D eigenvalue weighted by molar-refractivity contribution is 0.0474. The van der Waals surface area contributed by atoms with Crippen LogP contribution in [0.25, 0.3) is 0 Å². The van der Waals surface area contributed by atoms with Crippen LogP contribution in [0.1, 0.15) is 24.3 Å². The summed E-state index contributed by atoms with van der Waals surface area (Å²) in [6.45, 7) is 3.67. The fourth-order valence-electron chi connectivity index (χ4n) is 1.22. The highest BCUT2D eigenvalue weighted by atomic mass is 79.9. The maximum absolute atomic E-state index is 9.58. The van der Waals surface area contributed by atoms with Gasteiger partial charge < -0.3 is 14.6 Å². The van der Waals surface area contributed by atoms with Crippen LogP contribution in [0.4, 0.5) is 0 Å². The minimum atomic E-state index is -0.602. The SMILES string of the molecule is COCOc1c(C(C)O)cc(C)nc1Br. The molecular weight excluding hydrogens is 262 g/mol. The van der Waals surface area contributed by atoms with Gasteiger partial charge in [-0.25, -0.2) is 4.98 Å². The summed E-state index contributed by atoms with van der Waals surface area (Å²) in [5.41, 5.74) is 1.52. The number of aryl methyl sites for hydroxylation is 1. The summed E-state index contributed by atoms with van der Waals surface area (Å²) in [6, 6.07) is 1.79. The minimum Gasteiger partial charge on any atom is -0.464 e. The second-order valence-corrected chi connectivity index (χ2v) is 3.95. The third kappa shape index (κ3) is 3.15. The zero-order chi connectivity index (χ0) is 11.4. The predicted octanol–water partition coefficient (Wildman–Crippen LogP) is 2.19. The Balaban J connectivity index is 3.09. The van der Waals surface area contributed by atoms with Crippen LogP contribution >= 0.6 is 15.9 Å². The molecule has 1 atom stereocenters. The van der Waals surface area contributed by atoms with Crippen molar-refractivity contribution in [3.05, 3.63) is 21.9 Å². The maximum atomic E-state index is 9.58. The largest absolute Gasteiger partial charge is 0.464 e. The lowest BCUT2D eigenvalue weighted by Crippen LogP contribution is -2.06. The van der Waals surface area contributed by atoms with E-state index in [0.717, 1.165) is 5.69 Å². The Hall–Kier alpha value is -0.650. The van der Waals surface area contributed by atoms with E-state index in [9.17, 15) is 5.11 Å². The van der Waals surface area contributed by atoms with Gasteiger partial charge in [0.15, 0.2) is 12.5 Å². The number of hydrogen-bond donors (Lipinski definition) is 1. The molecule has 1 aromatic heterocycles. The third-order valence-corrected chi connectivity index (χ3v) is 2.40. The maximum Gasteiger partial charge on any atom is 0.188 e. The van der Waals surface area contributed by atoms with Crippen molar-refractivity contribution in [1.29, 1.82) is 0 Å². The molecule has 0 spiro atoms. The van der Waals surface area contributed by atoms with E-state index in [1.54, 1.807) is 13.0 Å². The Morgan fingerprint density at radius 3 is 2.80 bits per heavy atom. The van der Waals surface area contributed by atoms with E-state index in [4.69, 9.17) is 9.47 Å². The molecule has 4 nitrogen and oxygen atoms in total. The van der Waals surface area contributed by atoms with E-state index >= 15 is 0 Å². The van der Waals surface area contributed by atoms with Crippen molar-refractivity contribution in [1.82, 2.24) is 4.98 Å². The average molecular weight is 276 g/mol. The van der Waals surface area contributed by atoms with Crippen LogP contribution in [0.5, 0.6) is 5.75 Å². The molecule has 0 radical (unpaired) electrons. The molecule has 0 aliphatic rings. The van der Waals surface area contributed by atoms with Gasteiger partial charge in [-0.15, -0.1) is 0 Å². The van der Waals surface area contributed by atoms with Gasteiger partial charge in [0, 0.05) is 18.4 Å². The molecule has 0 bridgehead atoms. The highest BCUT2D eigenvalue weighted by Gasteiger charge is 2.14. The lowest BCUT2D eigenvalue weighted by Gasteiger charge is -2.14. The van der Waals surface area contributed by atoms with Crippen LogP contribution in [-0.4, -0.2) is 24.0 Å². The first-order valence-electron chi connectivity index (χ1n) is 4.53. The number of ether oxygens (including phenoxy) is 2. The number of halogens is 1. The van der Waals surface area contributed by atoms with Crippen LogP contribution in [0.3, 0.4) is 0 Å². The normalized spacial score (nSPS) is 12.6. The molecule has 1 heterocycles. The first-order valence-corrected chi connectivity index (χ1v) is 5.32. The molecule has 5 heteroatoms. The molecule has 84 valence electrons. The summed E-state index contributed by atoms with van der Waals surface area (Å²) in [5.74, 6) is 0.525. The second kappa shape index (κ2) is 5.44. The van der Waals surface area contributed by atoms with Gasteiger partial charge in [-0.1, -0.05) is 0 Å². The number of nitrogens with zero attached hydrogens (tertiary/aromatic N) is 1. The number of aromatic nitrogens is 1. The predicted molar refractivity (Wildman–Crippen MR) is 59.8 cm³/mol. The van der Waals surface area contributed by atoms with Crippen molar-refractivity contribution in [2.75, 3.05) is 13.9 Å². The van der Waals surface area contributed by atoms with Crippen molar-refractivity contribution in [2.24, 2.45) is 0 Å². The van der Waals surface area contributed by atoms with Gasteiger partial charge >= 0.3 is 0 Å². The summed E-state index contributed by atoms with van der Waals surface area (Å²) in [6.07, 6.45) is -0.602. The van der Waals surface area contributed by atoms with E-state index < -0.39 is 6.10 Å². The van der Waals surface area contributed by atoms with E-state index in [0.29, 0.717) is 15.9 Å². The molecule has 1 aromatic rings. The molecule has 1 rings (SSSR count). The van der Waals surface area contributed by atoms with Crippen LogP contribution in [0, 0.1) is 6.92 Å². The molecule has 1 unspecified atom stereocenters. The fourth-order valence-corrected chi connectivity index (χ4v) is 1.84. The van der Waals surface area contributed by atoms with Crippen molar-refractivity contribution in [2.45, 2.75) is 20.0 Å². The third-order valence-electron chi connectivity index (χ3n) is 1.86. The zero-order valence-electron chi connectivity index (χ0n) is 8.95. The Kier molecular flexibility index (Phi) is 4.50. The van der Waals surface area contributed by atoms with Gasteiger partial charge in [-0.05, 0) is 35.8 Å². The van der Waals surface area contributed by atoms with Crippen LogP contribution in [-0.2, 0) is 4.74 Å². The molecule has 15 heavy (non-hydrogen) atoms. The van der Waals surface area contributed by atoms with Gasteiger partial charge in [-0.3, -0.25) is 0 Å². The lowest BCUT2D eigenvalue weighted by atomic mass is 10.1. The highest BCUT2D eigenvalue weighted by Crippen LogP contribution is 2.32. The van der Waals surface area contributed by atoms with E-state index in [-0.39, 0.29) is 6.79 Å². The van der Waals surface area contributed by atoms with Crippen LogP contribution in [0.15, 0.2) is 10.7 Å². The monoisotopic (exact) mass is 275 g/mol. The van der Waals surface area contributed by atoms with Crippen LogP contribution < -0.4 is 4.74 Å². The standard InChI is InChI=1S/C10H14BrNO3/c1-6-4-8(7(2)13)9(10(11)12-6)15-5-14-3/h4,7,13H,5H2,1-3H3. The summed E-state index contributed by atoms with van der Waals surface area (Å²) < 4.78 is 10.7. The van der Waals surface area contributed by atoms with Gasteiger partial charge in [0.25, 0.3) is 0 Å². The molecule has 0 saturated carbocycles. The molecule has 0 amide bonds. The smallest absolute Gasteiger partial charge is 0.188 e. The molecule has 1 N–H and O–H groups in total. The summed E-state index contributed by atoms with van der Waals surface area (Å²) in [4.78, 5) is 4.19. The fraction of sp³-hybridized carbons (Fsp3) is 0.500. The van der Waals surface area contributed by atoms with Crippen molar-refractivity contribution in [3.63, 3.8) is 0 Å². The molecule has 0 aromatic carbocycles. The molecule has 0 fully saturated rings. The van der Waals surface area contributed by atoms with Crippen LogP contribution in [0.2, 0.25) is 0 Å². The quantitative estimate of drug-likeness (QED) is 0.676. The Morgan fingerprint density at radius 2 is 2.27 bits per heavy atom. The second-order valence-electron chi connectivity index (χ2n) is 3.20. The Bertz CT molecular complexity index is 342. The zero-order valence-corrected chi connectivity index (χ0v) is 10.5. The van der Waals surface area contributed by atoms with Gasteiger partial charge in [0.05, 0.1) is 6.10 Å². The minimum absolute atomic E-state index is 0.128. The summed E-state index contributed by atoms with van der Waals surface area (Å²) >= 11 is 3.29. The number of methoxy groups -OCH3 is 1. The van der Waals surface area contributed by atoms with Crippen molar-refractivity contribution < 1.29 is 14.6 Å². The Labute approximate surface area is 97.4 Å². The van der Waals surface area contributed by atoms with E-state index in [1.165, 1.54) is 7.11 Å². The number of hydrogen-bond acceptors (Lipinski definition) is 4. The first-order chi connectivity index (χ1) is 7.06. The van der Waals surface area contributed by atoms with Gasteiger partial charge in [0.2, 0.25) is 0 Å². The van der Waals surface area contributed by atoms with E-state index in [1.807, 2.05) is 6.92 Å². The molecule has 0 aliphatic heterocycles. The van der Waals surface area contributed by atoms with Gasteiger partial charge in [0.1, 0.15) is 4.60 Å². The average Bonchev–Trinajstić information content (AvgIpc) is 2.15. The molecular formula is C10H14BrNO3. The van der Waals surface area contributed by atoms with Gasteiger partial charge in [-0.2, -0.15) is 0 Å². The van der Waals surface area contributed by atoms with E-state index in [2.05, 4.69) is 20.9 Å². The summed E-state index contributed by atoms with van der Waals surface area (Å²) in [7, 11) is 1.54. The highest BCUT2D eigenvalue weighted by molar-refractivity contribution is 9.10. The van der Waals surface area contributed by atoms with Crippen molar-refractivity contribution >= 4 is 15.9 Å². The topological polar surface area (TPSA) is 51.6 Å². The molecule has 0 saturated heterocycles. The number of aliphatic hydroxyl groups is 1. The number of aliphatic hydroxyl groups excluding tert-OH is 1.